The van der Waals surface area contributed by atoms with Gasteiger partial charge in [0.15, 0.2) is 11.5 Å². The molecule has 1 amide bonds. The van der Waals surface area contributed by atoms with E-state index in [-0.39, 0.29) is 33.0 Å². The summed E-state index contributed by atoms with van der Waals surface area (Å²) < 4.78 is 42.9. The number of nitrogens with one attached hydrogen (secondary N) is 1. The molecule has 4 rings (SSSR count). The first kappa shape index (κ1) is 30.4. The molecule has 0 unspecified atom stereocenters. The third kappa shape index (κ3) is 8.00. The van der Waals surface area contributed by atoms with Crippen LogP contribution >= 0.6 is 15.9 Å². The largest absolute Gasteiger partial charge is 0.490 e. The van der Waals surface area contributed by atoms with Crippen molar-refractivity contribution >= 4 is 43.7 Å². The van der Waals surface area contributed by atoms with E-state index in [0.29, 0.717) is 23.6 Å². The Morgan fingerprint density at radius 1 is 0.976 bits per heavy atom. The molecule has 4 aromatic rings. The lowest BCUT2D eigenvalue weighted by molar-refractivity contribution is -0.112. The molecule has 0 aliphatic rings. The maximum Gasteiger partial charge on any atom is 0.339 e. The van der Waals surface area contributed by atoms with Crippen molar-refractivity contribution in [3.05, 3.63) is 118 Å². The molecule has 42 heavy (non-hydrogen) atoms. The minimum atomic E-state index is -4.15. The zero-order chi connectivity index (χ0) is 30.1. The Morgan fingerprint density at radius 2 is 1.67 bits per heavy atom. The number of anilines is 1. The normalized spacial score (nSPS) is 11.3. The van der Waals surface area contributed by atoms with Gasteiger partial charge in [-0.15, -0.1) is 0 Å². The van der Waals surface area contributed by atoms with Crippen LogP contribution in [-0.4, -0.2) is 20.9 Å². The number of hydrogen-bond acceptors (Lipinski definition) is 7. The molecule has 0 aliphatic carbocycles. The zero-order valence-corrected chi connectivity index (χ0v) is 25.2. The fourth-order valence-corrected chi connectivity index (χ4v) is 5.37. The number of rotatable bonds is 11. The first-order valence-electron chi connectivity index (χ1n) is 12.9. The van der Waals surface area contributed by atoms with E-state index in [4.69, 9.17) is 13.7 Å². The van der Waals surface area contributed by atoms with E-state index in [9.17, 15) is 18.5 Å². The van der Waals surface area contributed by atoms with Gasteiger partial charge in [-0.2, -0.15) is 13.7 Å². The summed E-state index contributed by atoms with van der Waals surface area (Å²) in [5, 5.41) is 12.4. The van der Waals surface area contributed by atoms with Gasteiger partial charge in [0.25, 0.3) is 5.91 Å². The topological polar surface area (TPSA) is 115 Å². The van der Waals surface area contributed by atoms with E-state index in [1.165, 1.54) is 30.3 Å². The Balaban J connectivity index is 1.50. The number of ether oxygens (including phenoxy) is 2. The molecule has 0 aromatic heterocycles. The van der Waals surface area contributed by atoms with Crippen LogP contribution in [0.1, 0.15) is 23.6 Å². The average Bonchev–Trinajstić information content (AvgIpc) is 2.98. The van der Waals surface area contributed by atoms with Crippen molar-refractivity contribution in [2.75, 3.05) is 11.9 Å². The van der Waals surface area contributed by atoms with Crippen molar-refractivity contribution in [3.8, 4) is 23.3 Å². The maximum atomic E-state index is 12.9. The van der Waals surface area contributed by atoms with E-state index in [1.54, 1.807) is 43.3 Å². The number of nitriles is 1. The van der Waals surface area contributed by atoms with Crippen molar-refractivity contribution in [2.24, 2.45) is 0 Å². The molecule has 0 heterocycles. The highest BCUT2D eigenvalue weighted by atomic mass is 79.9. The summed E-state index contributed by atoms with van der Waals surface area (Å²) >= 11 is 3.35. The second kappa shape index (κ2) is 13.9. The summed E-state index contributed by atoms with van der Waals surface area (Å²) in [6.45, 7) is 4.22. The van der Waals surface area contributed by atoms with Crippen molar-refractivity contribution in [2.45, 2.75) is 25.3 Å². The van der Waals surface area contributed by atoms with Gasteiger partial charge in [0.05, 0.1) is 11.1 Å². The monoisotopic (exact) mass is 646 g/mol. The van der Waals surface area contributed by atoms with Gasteiger partial charge in [0.2, 0.25) is 0 Å². The van der Waals surface area contributed by atoms with E-state index >= 15 is 0 Å². The molecule has 0 radical (unpaired) electrons. The fourth-order valence-electron chi connectivity index (χ4n) is 3.77. The zero-order valence-electron chi connectivity index (χ0n) is 22.8. The predicted molar refractivity (Wildman–Crippen MR) is 164 cm³/mol. The molecule has 0 saturated carbocycles. The minimum absolute atomic E-state index is 0.00866. The molecule has 1 N–H and O–H groups in total. The highest BCUT2D eigenvalue weighted by Crippen LogP contribution is 2.39. The lowest BCUT2D eigenvalue weighted by Crippen LogP contribution is -2.13. The molecule has 0 bridgehead atoms. The molecule has 0 spiro atoms. The van der Waals surface area contributed by atoms with Crippen molar-refractivity contribution in [1.29, 1.82) is 5.26 Å². The van der Waals surface area contributed by atoms with Gasteiger partial charge in [-0.1, -0.05) is 48.0 Å². The van der Waals surface area contributed by atoms with Crippen molar-refractivity contribution < 1.29 is 26.9 Å². The molecular weight excluding hydrogens is 620 g/mol. The van der Waals surface area contributed by atoms with Crippen LogP contribution in [0.5, 0.6) is 17.2 Å². The predicted octanol–water partition coefficient (Wildman–Crippen LogP) is 7.05. The van der Waals surface area contributed by atoms with Crippen molar-refractivity contribution in [3.63, 3.8) is 0 Å². The van der Waals surface area contributed by atoms with E-state index in [0.717, 1.165) is 11.1 Å². The lowest BCUT2D eigenvalue weighted by Gasteiger charge is -2.15. The molecule has 10 heteroatoms. The van der Waals surface area contributed by atoms with Crippen LogP contribution in [-0.2, 0) is 21.5 Å². The lowest BCUT2D eigenvalue weighted by atomic mass is 10.1. The highest BCUT2D eigenvalue weighted by Gasteiger charge is 2.22. The summed E-state index contributed by atoms with van der Waals surface area (Å²) in [6.07, 6.45) is 1.37. The van der Waals surface area contributed by atoms with Crippen LogP contribution in [0.4, 0.5) is 5.69 Å². The number of benzene rings is 4. The Bertz CT molecular complexity index is 1730. The number of carbonyl (C=O) groups is 1. The van der Waals surface area contributed by atoms with Crippen LogP contribution in [0.15, 0.2) is 106 Å². The Hall–Kier alpha value is -4.59. The van der Waals surface area contributed by atoms with Crippen molar-refractivity contribution in [1.82, 2.24) is 0 Å². The number of nitrogens with zero attached hydrogens (tertiary/aromatic N) is 1. The fraction of sp³-hybridized carbons (Fsp3) is 0.125. The van der Waals surface area contributed by atoms with Crippen LogP contribution in [0.25, 0.3) is 6.08 Å². The van der Waals surface area contributed by atoms with Gasteiger partial charge >= 0.3 is 10.1 Å². The van der Waals surface area contributed by atoms with Gasteiger partial charge < -0.3 is 19.0 Å². The standard InChI is InChI=1S/C32H27BrN2O6S/c1-3-39-30-19-24(18-29(33)31(30)41-42(37,38)28-15-9-22(2)10-16-28)17-25(20-34)32(36)35-26-11-13-27(14-12-26)40-21-23-7-5-4-6-8-23/h4-19H,3,21H2,1-2H3,(H,35,36)/b25-17+. The SMILES string of the molecule is CCOc1cc(/C=C(\C#N)C(=O)Nc2ccc(OCc3ccccc3)cc2)cc(Br)c1OS(=O)(=O)c1ccc(C)cc1. The van der Waals surface area contributed by atoms with Gasteiger partial charge in [-0.3, -0.25) is 4.79 Å². The molecule has 4 aromatic carbocycles. The molecule has 0 saturated heterocycles. The quantitative estimate of drug-likeness (QED) is 0.105. The third-order valence-corrected chi connectivity index (χ3v) is 7.70. The number of aryl methyl sites for hydroxylation is 1. The van der Waals surface area contributed by atoms with Gasteiger partial charge in [0.1, 0.15) is 28.9 Å². The first-order valence-corrected chi connectivity index (χ1v) is 15.1. The Labute approximate surface area is 253 Å². The van der Waals surface area contributed by atoms with E-state index in [1.807, 2.05) is 43.3 Å². The summed E-state index contributed by atoms with van der Waals surface area (Å²) in [4.78, 5) is 12.9. The minimum Gasteiger partial charge on any atom is -0.490 e. The molecule has 0 fully saturated rings. The maximum absolute atomic E-state index is 12.9. The highest BCUT2D eigenvalue weighted by molar-refractivity contribution is 9.10. The van der Waals surface area contributed by atoms with E-state index in [2.05, 4.69) is 21.2 Å². The first-order chi connectivity index (χ1) is 20.2. The second-order valence-electron chi connectivity index (χ2n) is 9.04. The van der Waals surface area contributed by atoms with Crippen LogP contribution in [0.3, 0.4) is 0 Å². The molecular formula is C32H27BrN2O6S. The molecule has 0 aliphatic heterocycles. The Kier molecular flexibility index (Phi) is 10.0. The second-order valence-corrected chi connectivity index (χ2v) is 11.4. The number of amides is 1. The van der Waals surface area contributed by atoms with Gasteiger partial charge in [-0.05, 0) is 95.5 Å². The number of hydrogen-bond donors (Lipinski definition) is 1. The summed E-state index contributed by atoms with van der Waals surface area (Å²) in [7, 11) is -4.15. The molecule has 0 atom stereocenters. The van der Waals surface area contributed by atoms with Crippen LogP contribution in [0, 0.1) is 18.3 Å². The summed E-state index contributed by atoms with van der Waals surface area (Å²) in [6, 6.07) is 27.8. The number of halogens is 1. The van der Waals surface area contributed by atoms with E-state index < -0.39 is 16.0 Å². The summed E-state index contributed by atoms with van der Waals surface area (Å²) in [5.41, 5.74) is 2.67. The third-order valence-electron chi connectivity index (χ3n) is 5.87. The van der Waals surface area contributed by atoms with Crippen LogP contribution < -0.4 is 19.0 Å². The molecule has 214 valence electrons. The van der Waals surface area contributed by atoms with Gasteiger partial charge in [-0.25, -0.2) is 0 Å². The van der Waals surface area contributed by atoms with Gasteiger partial charge in [0, 0.05) is 5.69 Å². The number of carbonyl (C=O) groups excluding carboxylic acids is 1. The molecule has 8 nitrogen and oxygen atoms in total. The Morgan fingerprint density at radius 3 is 2.31 bits per heavy atom. The van der Waals surface area contributed by atoms with Crippen LogP contribution in [0.2, 0.25) is 0 Å². The smallest absolute Gasteiger partial charge is 0.339 e. The average molecular weight is 648 g/mol. The summed E-state index contributed by atoms with van der Waals surface area (Å²) in [5.74, 6) is 0.0874.